The lowest BCUT2D eigenvalue weighted by Crippen LogP contribution is -2.08. The van der Waals surface area contributed by atoms with E-state index in [1.165, 1.54) is 12.1 Å². The number of halogens is 2. The maximum Gasteiger partial charge on any atom is 0.271 e. The molecule has 4 rings (SSSR count). The molecular formula is C16H12Cl2N4O2. The van der Waals surface area contributed by atoms with Crippen LogP contribution in [-0.2, 0) is 6.42 Å². The summed E-state index contributed by atoms with van der Waals surface area (Å²) < 4.78 is 0. The third-order valence-electron chi connectivity index (χ3n) is 4.28. The third kappa shape index (κ3) is 2.48. The highest BCUT2D eigenvalue weighted by atomic mass is 35.5. The van der Waals surface area contributed by atoms with E-state index in [2.05, 4.69) is 15.3 Å². The van der Waals surface area contributed by atoms with Crippen molar-refractivity contribution < 1.29 is 4.92 Å². The lowest BCUT2D eigenvalue weighted by molar-refractivity contribution is -0.384. The first kappa shape index (κ1) is 15.2. The van der Waals surface area contributed by atoms with Gasteiger partial charge in [-0.3, -0.25) is 10.1 Å². The van der Waals surface area contributed by atoms with Crippen LogP contribution in [0.2, 0.25) is 10.0 Å². The van der Waals surface area contributed by atoms with E-state index in [0.717, 1.165) is 24.0 Å². The molecule has 1 aromatic heterocycles. The number of non-ortho nitro benzene ring substituents is 1. The SMILES string of the molecule is O=[N+]([O-])c1ccc2nc(NC3CCc4c3ccc(Cl)c4Cl)[nH]c2c1. The van der Waals surface area contributed by atoms with E-state index in [-0.39, 0.29) is 11.7 Å². The number of nitro benzene ring substituents is 1. The van der Waals surface area contributed by atoms with E-state index in [4.69, 9.17) is 23.2 Å². The predicted octanol–water partition coefficient (Wildman–Crippen LogP) is 4.88. The minimum absolute atomic E-state index is 0.0327. The van der Waals surface area contributed by atoms with Crippen molar-refractivity contribution in [1.82, 2.24) is 9.97 Å². The fourth-order valence-corrected chi connectivity index (χ4v) is 3.57. The van der Waals surface area contributed by atoms with Crippen molar-refractivity contribution in [1.29, 1.82) is 0 Å². The van der Waals surface area contributed by atoms with Crippen molar-refractivity contribution in [2.24, 2.45) is 0 Å². The molecule has 0 fully saturated rings. The summed E-state index contributed by atoms with van der Waals surface area (Å²) in [5.74, 6) is 0.578. The Bertz CT molecular complexity index is 970. The molecule has 2 N–H and O–H groups in total. The number of rotatable bonds is 3. The summed E-state index contributed by atoms with van der Waals surface area (Å²) in [6.07, 6.45) is 1.73. The predicted molar refractivity (Wildman–Crippen MR) is 93.9 cm³/mol. The summed E-state index contributed by atoms with van der Waals surface area (Å²) >= 11 is 12.3. The summed E-state index contributed by atoms with van der Waals surface area (Å²) in [6.45, 7) is 0. The average molecular weight is 363 g/mol. The van der Waals surface area contributed by atoms with Gasteiger partial charge in [-0.15, -0.1) is 0 Å². The maximum atomic E-state index is 10.9. The number of benzene rings is 2. The molecule has 0 radical (unpaired) electrons. The molecule has 122 valence electrons. The van der Waals surface area contributed by atoms with E-state index in [0.29, 0.717) is 27.0 Å². The van der Waals surface area contributed by atoms with Gasteiger partial charge in [-0.25, -0.2) is 4.98 Å². The van der Waals surface area contributed by atoms with Gasteiger partial charge in [0.25, 0.3) is 5.69 Å². The summed E-state index contributed by atoms with van der Waals surface area (Å²) in [4.78, 5) is 18.0. The number of hydrogen-bond acceptors (Lipinski definition) is 4. The smallest absolute Gasteiger partial charge is 0.271 e. The zero-order chi connectivity index (χ0) is 16.8. The van der Waals surface area contributed by atoms with Gasteiger partial charge in [0.2, 0.25) is 5.95 Å². The van der Waals surface area contributed by atoms with E-state index in [1.54, 1.807) is 12.1 Å². The van der Waals surface area contributed by atoms with E-state index in [9.17, 15) is 10.1 Å². The highest BCUT2D eigenvalue weighted by Crippen LogP contribution is 2.40. The van der Waals surface area contributed by atoms with Gasteiger partial charge in [0.15, 0.2) is 0 Å². The number of nitrogens with zero attached hydrogens (tertiary/aromatic N) is 2. The first-order valence-corrected chi connectivity index (χ1v) is 8.16. The Labute approximate surface area is 146 Å². The molecule has 1 unspecified atom stereocenters. The van der Waals surface area contributed by atoms with Crippen LogP contribution >= 0.6 is 23.2 Å². The quantitative estimate of drug-likeness (QED) is 0.513. The average Bonchev–Trinajstić information content (AvgIpc) is 3.14. The number of imidazole rings is 1. The molecule has 1 aliphatic carbocycles. The lowest BCUT2D eigenvalue weighted by Gasteiger charge is -2.13. The highest BCUT2D eigenvalue weighted by Gasteiger charge is 2.26. The van der Waals surface area contributed by atoms with Crippen molar-refractivity contribution in [3.8, 4) is 0 Å². The second kappa shape index (κ2) is 5.65. The van der Waals surface area contributed by atoms with Crippen molar-refractivity contribution >= 4 is 45.9 Å². The Kier molecular flexibility index (Phi) is 3.58. The molecule has 6 nitrogen and oxygen atoms in total. The molecule has 1 atom stereocenters. The summed E-state index contributed by atoms with van der Waals surface area (Å²) in [5, 5.41) is 15.4. The summed E-state index contributed by atoms with van der Waals surface area (Å²) in [7, 11) is 0. The Balaban J connectivity index is 1.64. The second-order valence-corrected chi connectivity index (χ2v) is 6.49. The molecule has 1 aliphatic rings. The van der Waals surface area contributed by atoms with Crippen LogP contribution in [0, 0.1) is 10.1 Å². The molecular weight excluding hydrogens is 351 g/mol. The fourth-order valence-electron chi connectivity index (χ4n) is 3.13. The van der Waals surface area contributed by atoms with Gasteiger partial charge in [0.05, 0.1) is 32.0 Å². The molecule has 0 aliphatic heterocycles. The Hall–Kier alpha value is -2.31. The van der Waals surface area contributed by atoms with E-state index < -0.39 is 4.92 Å². The van der Waals surface area contributed by atoms with Gasteiger partial charge in [0, 0.05) is 12.1 Å². The molecule has 0 amide bonds. The van der Waals surface area contributed by atoms with E-state index >= 15 is 0 Å². The summed E-state index contributed by atoms with van der Waals surface area (Å²) in [5.41, 5.74) is 3.50. The minimum Gasteiger partial charge on any atom is -0.349 e. The zero-order valence-electron chi connectivity index (χ0n) is 12.3. The van der Waals surface area contributed by atoms with Crippen LogP contribution < -0.4 is 5.32 Å². The standard InChI is InChI=1S/C16H12Cl2N4O2/c17-11-4-2-9-10(15(11)18)3-6-12(9)19-16-20-13-5-1-8(22(23)24)7-14(13)21-16/h1-2,4-5,7,12H,3,6H2,(H2,19,20,21). The number of nitro groups is 1. The number of H-pyrrole nitrogens is 1. The number of nitrogens with one attached hydrogen (secondary N) is 2. The third-order valence-corrected chi connectivity index (χ3v) is 5.12. The Morgan fingerprint density at radius 1 is 1.29 bits per heavy atom. The number of fused-ring (bicyclic) bond motifs is 2. The van der Waals surface area contributed by atoms with Crippen molar-refractivity contribution in [3.63, 3.8) is 0 Å². The molecule has 1 heterocycles. The van der Waals surface area contributed by atoms with Gasteiger partial charge in [-0.2, -0.15) is 0 Å². The van der Waals surface area contributed by atoms with Crippen LogP contribution in [0.5, 0.6) is 0 Å². The fraction of sp³-hybridized carbons (Fsp3) is 0.188. The van der Waals surface area contributed by atoms with Crippen molar-refractivity contribution in [2.45, 2.75) is 18.9 Å². The number of hydrogen-bond donors (Lipinski definition) is 2. The lowest BCUT2D eigenvalue weighted by atomic mass is 10.1. The van der Waals surface area contributed by atoms with Crippen LogP contribution in [0.4, 0.5) is 11.6 Å². The monoisotopic (exact) mass is 362 g/mol. The number of anilines is 1. The van der Waals surface area contributed by atoms with Crippen LogP contribution in [0.25, 0.3) is 11.0 Å². The minimum atomic E-state index is -0.424. The Morgan fingerprint density at radius 3 is 2.92 bits per heavy atom. The van der Waals surface area contributed by atoms with Gasteiger partial charge in [-0.1, -0.05) is 29.3 Å². The first-order chi connectivity index (χ1) is 11.5. The Morgan fingerprint density at radius 2 is 2.12 bits per heavy atom. The topological polar surface area (TPSA) is 83.8 Å². The van der Waals surface area contributed by atoms with Crippen LogP contribution in [0.3, 0.4) is 0 Å². The van der Waals surface area contributed by atoms with Gasteiger partial charge < -0.3 is 10.3 Å². The molecule has 24 heavy (non-hydrogen) atoms. The van der Waals surface area contributed by atoms with E-state index in [1.807, 2.05) is 6.07 Å². The molecule has 0 saturated heterocycles. The number of aromatic amines is 1. The zero-order valence-corrected chi connectivity index (χ0v) is 13.9. The first-order valence-electron chi connectivity index (χ1n) is 7.40. The normalized spacial score (nSPS) is 16.3. The van der Waals surface area contributed by atoms with Crippen LogP contribution in [-0.4, -0.2) is 14.9 Å². The molecule has 0 spiro atoms. The maximum absolute atomic E-state index is 10.9. The largest absolute Gasteiger partial charge is 0.349 e. The van der Waals surface area contributed by atoms with Crippen molar-refractivity contribution in [2.75, 3.05) is 5.32 Å². The molecule has 0 bridgehead atoms. The van der Waals surface area contributed by atoms with Crippen molar-refractivity contribution in [3.05, 3.63) is 61.6 Å². The highest BCUT2D eigenvalue weighted by molar-refractivity contribution is 6.42. The molecule has 0 saturated carbocycles. The van der Waals surface area contributed by atoms with Crippen LogP contribution in [0.1, 0.15) is 23.6 Å². The van der Waals surface area contributed by atoms with Crippen LogP contribution in [0.15, 0.2) is 30.3 Å². The van der Waals surface area contributed by atoms with Gasteiger partial charge in [0.1, 0.15) is 0 Å². The second-order valence-electron chi connectivity index (χ2n) is 5.71. The number of aromatic nitrogens is 2. The molecule has 8 heteroatoms. The van der Waals surface area contributed by atoms with Gasteiger partial charge in [-0.05, 0) is 36.1 Å². The summed E-state index contributed by atoms with van der Waals surface area (Å²) in [6, 6.07) is 8.40. The van der Waals surface area contributed by atoms with Gasteiger partial charge >= 0.3 is 0 Å². The molecule has 2 aromatic carbocycles. The molecule has 3 aromatic rings.